The first-order chi connectivity index (χ1) is 10.1. The van der Waals surface area contributed by atoms with Crippen molar-refractivity contribution in [3.63, 3.8) is 0 Å². The standard InChI is InChI=1S/C15H24N4O2/c1-18-7-8-21-13(10-18)15(20)16-14-9-12(17-19(14)2)11-5-3-4-6-11/h9,11,13H,3-8,10H2,1-2H3,(H,16,20)/t13-/m0/s1. The lowest BCUT2D eigenvalue weighted by molar-refractivity contribution is -0.132. The molecule has 6 nitrogen and oxygen atoms in total. The number of aryl methyl sites for hydroxylation is 1. The van der Waals surface area contributed by atoms with Crippen LogP contribution in [-0.4, -0.2) is 53.4 Å². The second-order valence-electron chi connectivity index (χ2n) is 6.17. The van der Waals surface area contributed by atoms with E-state index in [1.165, 1.54) is 25.7 Å². The Morgan fingerprint density at radius 1 is 1.38 bits per heavy atom. The molecule has 1 aromatic rings. The Kier molecular flexibility index (Phi) is 4.26. The van der Waals surface area contributed by atoms with Crippen molar-refractivity contribution in [1.29, 1.82) is 0 Å². The smallest absolute Gasteiger partial charge is 0.255 e. The van der Waals surface area contributed by atoms with Gasteiger partial charge in [0.1, 0.15) is 11.9 Å². The maximum atomic E-state index is 12.3. The van der Waals surface area contributed by atoms with Crippen LogP contribution in [0.5, 0.6) is 0 Å². The molecule has 0 spiro atoms. The second-order valence-corrected chi connectivity index (χ2v) is 6.17. The van der Waals surface area contributed by atoms with E-state index in [0.29, 0.717) is 19.1 Å². The minimum atomic E-state index is -0.395. The number of hydrogen-bond acceptors (Lipinski definition) is 4. The fourth-order valence-electron chi connectivity index (χ4n) is 3.17. The van der Waals surface area contributed by atoms with E-state index in [2.05, 4.69) is 15.3 Å². The lowest BCUT2D eigenvalue weighted by Crippen LogP contribution is -2.46. The van der Waals surface area contributed by atoms with E-state index >= 15 is 0 Å². The zero-order valence-corrected chi connectivity index (χ0v) is 12.8. The normalized spacial score (nSPS) is 24.4. The maximum absolute atomic E-state index is 12.3. The van der Waals surface area contributed by atoms with Crippen LogP contribution in [0.25, 0.3) is 0 Å². The molecule has 0 aromatic carbocycles. The summed E-state index contributed by atoms with van der Waals surface area (Å²) in [7, 11) is 3.88. The van der Waals surface area contributed by atoms with Gasteiger partial charge in [-0.1, -0.05) is 12.8 Å². The summed E-state index contributed by atoms with van der Waals surface area (Å²) >= 11 is 0. The van der Waals surface area contributed by atoms with Crippen molar-refractivity contribution in [2.75, 3.05) is 32.1 Å². The summed E-state index contributed by atoms with van der Waals surface area (Å²) in [6.07, 6.45) is 4.59. The molecule has 3 rings (SSSR count). The van der Waals surface area contributed by atoms with Crippen molar-refractivity contribution in [1.82, 2.24) is 14.7 Å². The van der Waals surface area contributed by atoms with Crippen LogP contribution < -0.4 is 5.32 Å². The molecule has 0 radical (unpaired) electrons. The molecule has 1 aliphatic carbocycles. The van der Waals surface area contributed by atoms with Crippen molar-refractivity contribution in [2.24, 2.45) is 7.05 Å². The van der Waals surface area contributed by atoms with Crippen molar-refractivity contribution < 1.29 is 9.53 Å². The summed E-state index contributed by atoms with van der Waals surface area (Å²) in [6.45, 7) is 2.12. The van der Waals surface area contributed by atoms with Crippen molar-refractivity contribution in [3.05, 3.63) is 11.8 Å². The van der Waals surface area contributed by atoms with Crippen LogP contribution >= 0.6 is 0 Å². The van der Waals surface area contributed by atoms with Gasteiger partial charge < -0.3 is 15.0 Å². The molecule has 1 amide bonds. The van der Waals surface area contributed by atoms with Gasteiger partial charge in [-0.2, -0.15) is 5.10 Å². The van der Waals surface area contributed by atoms with Crippen LogP contribution in [0.2, 0.25) is 0 Å². The van der Waals surface area contributed by atoms with Gasteiger partial charge in [-0.25, -0.2) is 0 Å². The van der Waals surface area contributed by atoms with Crippen LogP contribution in [0, 0.1) is 0 Å². The van der Waals surface area contributed by atoms with Gasteiger partial charge in [-0.05, 0) is 19.9 Å². The molecule has 2 aliphatic rings. The Labute approximate surface area is 125 Å². The van der Waals surface area contributed by atoms with E-state index < -0.39 is 6.10 Å². The number of nitrogens with zero attached hydrogens (tertiary/aromatic N) is 3. The van der Waals surface area contributed by atoms with Gasteiger partial charge in [0.05, 0.1) is 12.3 Å². The summed E-state index contributed by atoms with van der Waals surface area (Å²) < 4.78 is 7.31. The molecule has 21 heavy (non-hydrogen) atoms. The summed E-state index contributed by atoms with van der Waals surface area (Å²) in [5.74, 6) is 1.24. The SMILES string of the molecule is CN1CCO[C@H](C(=O)Nc2cc(C3CCCC3)nn2C)C1. The van der Waals surface area contributed by atoms with Gasteiger partial charge in [0.15, 0.2) is 0 Å². The molecule has 0 bridgehead atoms. The highest BCUT2D eigenvalue weighted by atomic mass is 16.5. The predicted molar refractivity (Wildman–Crippen MR) is 80.3 cm³/mol. The Morgan fingerprint density at radius 3 is 2.86 bits per heavy atom. The van der Waals surface area contributed by atoms with E-state index in [9.17, 15) is 4.79 Å². The van der Waals surface area contributed by atoms with Crippen molar-refractivity contribution in [2.45, 2.75) is 37.7 Å². The van der Waals surface area contributed by atoms with Gasteiger partial charge in [0.2, 0.25) is 0 Å². The van der Waals surface area contributed by atoms with E-state index in [1.807, 2.05) is 20.2 Å². The summed E-state index contributed by atoms with van der Waals surface area (Å²) in [5.41, 5.74) is 1.10. The van der Waals surface area contributed by atoms with Crippen LogP contribution in [0.3, 0.4) is 0 Å². The molecule has 1 aromatic heterocycles. The minimum absolute atomic E-state index is 0.0810. The number of morpholine rings is 1. The Bertz CT molecular complexity index is 508. The van der Waals surface area contributed by atoms with E-state index in [4.69, 9.17) is 4.74 Å². The third-order valence-corrected chi connectivity index (χ3v) is 4.49. The average Bonchev–Trinajstić information content (AvgIpc) is 3.09. The molecular weight excluding hydrogens is 268 g/mol. The van der Waals surface area contributed by atoms with E-state index in [1.54, 1.807) is 4.68 Å². The Balaban J connectivity index is 1.65. The van der Waals surface area contributed by atoms with Gasteiger partial charge >= 0.3 is 0 Å². The van der Waals surface area contributed by atoms with Crippen LogP contribution in [-0.2, 0) is 16.6 Å². The topological polar surface area (TPSA) is 59.4 Å². The van der Waals surface area contributed by atoms with E-state index in [-0.39, 0.29) is 5.91 Å². The molecular formula is C15H24N4O2. The Morgan fingerprint density at radius 2 is 2.14 bits per heavy atom. The first-order valence-corrected chi connectivity index (χ1v) is 7.78. The third kappa shape index (κ3) is 3.27. The first kappa shape index (κ1) is 14.5. The summed E-state index contributed by atoms with van der Waals surface area (Å²) in [6, 6.07) is 2.01. The quantitative estimate of drug-likeness (QED) is 0.913. The second kappa shape index (κ2) is 6.15. The molecule has 1 N–H and O–H groups in total. The highest BCUT2D eigenvalue weighted by Gasteiger charge is 2.26. The lowest BCUT2D eigenvalue weighted by Gasteiger charge is -2.28. The molecule has 1 atom stereocenters. The largest absolute Gasteiger partial charge is 0.366 e. The fourth-order valence-corrected chi connectivity index (χ4v) is 3.17. The number of anilines is 1. The molecule has 2 heterocycles. The molecule has 0 unspecified atom stereocenters. The third-order valence-electron chi connectivity index (χ3n) is 4.49. The number of ether oxygens (including phenoxy) is 1. The number of amides is 1. The molecule has 1 saturated heterocycles. The fraction of sp³-hybridized carbons (Fsp3) is 0.733. The number of carbonyl (C=O) groups is 1. The number of carbonyl (C=O) groups excluding carboxylic acids is 1. The monoisotopic (exact) mass is 292 g/mol. The van der Waals surface area contributed by atoms with Crippen LogP contribution in [0.1, 0.15) is 37.3 Å². The number of nitrogens with one attached hydrogen (secondary N) is 1. The molecule has 6 heteroatoms. The van der Waals surface area contributed by atoms with Gasteiger partial charge in [-0.3, -0.25) is 9.48 Å². The Hall–Kier alpha value is -1.40. The average molecular weight is 292 g/mol. The molecule has 116 valence electrons. The number of likely N-dealkylation sites (N-methyl/N-ethyl adjacent to an activating group) is 1. The molecule has 1 aliphatic heterocycles. The highest BCUT2D eigenvalue weighted by Crippen LogP contribution is 2.34. The summed E-state index contributed by atoms with van der Waals surface area (Å²) in [5, 5.41) is 7.51. The molecule has 1 saturated carbocycles. The number of rotatable bonds is 3. The predicted octanol–water partition coefficient (Wildman–Crippen LogP) is 1.35. The lowest BCUT2D eigenvalue weighted by atomic mass is 10.0. The maximum Gasteiger partial charge on any atom is 0.255 e. The van der Waals surface area contributed by atoms with Crippen LogP contribution in [0.15, 0.2) is 6.07 Å². The van der Waals surface area contributed by atoms with Gasteiger partial charge in [0.25, 0.3) is 5.91 Å². The number of hydrogen-bond donors (Lipinski definition) is 1. The van der Waals surface area contributed by atoms with E-state index in [0.717, 1.165) is 18.1 Å². The van der Waals surface area contributed by atoms with Crippen molar-refractivity contribution in [3.8, 4) is 0 Å². The van der Waals surface area contributed by atoms with Crippen molar-refractivity contribution >= 4 is 11.7 Å². The molecule has 2 fully saturated rings. The van der Waals surface area contributed by atoms with Gasteiger partial charge in [-0.15, -0.1) is 0 Å². The first-order valence-electron chi connectivity index (χ1n) is 7.78. The summed E-state index contributed by atoms with van der Waals surface area (Å²) in [4.78, 5) is 14.4. The zero-order chi connectivity index (χ0) is 14.8. The minimum Gasteiger partial charge on any atom is -0.366 e. The number of aromatic nitrogens is 2. The van der Waals surface area contributed by atoms with Crippen LogP contribution in [0.4, 0.5) is 5.82 Å². The van der Waals surface area contributed by atoms with Gasteiger partial charge in [0, 0.05) is 32.1 Å². The highest BCUT2D eigenvalue weighted by molar-refractivity contribution is 5.93. The zero-order valence-electron chi connectivity index (χ0n) is 12.8.